The molecule has 1 saturated carbocycles. The molecule has 6 nitrogen and oxygen atoms in total. The maximum absolute atomic E-state index is 13.5. The number of nitrogens with one attached hydrogen (secondary N) is 1. The van der Waals surface area contributed by atoms with Crippen LogP contribution in [0.1, 0.15) is 62.1 Å². The van der Waals surface area contributed by atoms with Crippen molar-refractivity contribution in [3.05, 3.63) is 59.2 Å². The van der Waals surface area contributed by atoms with Crippen LogP contribution in [0.3, 0.4) is 0 Å². The topological polar surface area (TPSA) is 67.9 Å². The molecule has 34 heavy (non-hydrogen) atoms. The van der Waals surface area contributed by atoms with E-state index in [4.69, 9.17) is 9.47 Å². The predicted molar refractivity (Wildman–Crippen MR) is 132 cm³/mol. The van der Waals surface area contributed by atoms with Gasteiger partial charge in [0.2, 0.25) is 11.8 Å². The summed E-state index contributed by atoms with van der Waals surface area (Å²) in [6.45, 7) is 5.55. The van der Waals surface area contributed by atoms with Crippen molar-refractivity contribution in [1.82, 2.24) is 10.2 Å². The second-order valence-electron chi connectivity index (χ2n) is 9.40. The number of ether oxygens (including phenoxy) is 2. The number of hydrogen-bond donors (Lipinski definition) is 1. The second-order valence-corrected chi connectivity index (χ2v) is 9.40. The highest BCUT2D eigenvalue weighted by Gasteiger charge is 2.30. The van der Waals surface area contributed by atoms with E-state index in [0.717, 1.165) is 48.3 Å². The summed E-state index contributed by atoms with van der Waals surface area (Å²) in [7, 11) is 0. The summed E-state index contributed by atoms with van der Waals surface area (Å²) >= 11 is 0. The zero-order chi connectivity index (χ0) is 23.9. The zero-order valence-corrected chi connectivity index (χ0v) is 20.3. The van der Waals surface area contributed by atoms with Crippen LogP contribution in [0, 0.1) is 6.92 Å². The van der Waals surface area contributed by atoms with Crippen molar-refractivity contribution in [3.63, 3.8) is 0 Å². The van der Waals surface area contributed by atoms with E-state index in [1.807, 2.05) is 56.3 Å². The molecule has 6 heteroatoms. The average molecular weight is 465 g/mol. The Morgan fingerprint density at radius 2 is 1.68 bits per heavy atom. The van der Waals surface area contributed by atoms with Crippen LogP contribution in [0.15, 0.2) is 42.5 Å². The van der Waals surface area contributed by atoms with E-state index in [1.54, 1.807) is 4.90 Å². The lowest BCUT2D eigenvalue weighted by Crippen LogP contribution is -2.51. The first-order valence-electron chi connectivity index (χ1n) is 12.6. The molecule has 0 saturated heterocycles. The van der Waals surface area contributed by atoms with E-state index in [-0.39, 0.29) is 17.9 Å². The summed E-state index contributed by atoms with van der Waals surface area (Å²) < 4.78 is 11.3. The van der Waals surface area contributed by atoms with Crippen LogP contribution >= 0.6 is 0 Å². The van der Waals surface area contributed by atoms with Gasteiger partial charge in [0.05, 0.1) is 0 Å². The van der Waals surface area contributed by atoms with Crippen LogP contribution in [0.5, 0.6) is 11.5 Å². The quantitative estimate of drug-likeness (QED) is 0.591. The summed E-state index contributed by atoms with van der Waals surface area (Å²) in [5, 5.41) is 3.20. The first-order chi connectivity index (χ1) is 16.5. The number of carbonyl (C=O) groups excluding carboxylic acids is 2. The van der Waals surface area contributed by atoms with Gasteiger partial charge in [-0.15, -0.1) is 0 Å². The van der Waals surface area contributed by atoms with Crippen molar-refractivity contribution in [1.29, 1.82) is 0 Å². The lowest BCUT2D eigenvalue weighted by Gasteiger charge is -2.31. The lowest BCUT2D eigenvalue weighted by atomic mass is 10.0. The average Bonchev–Trinajstić information content (AvgIpc) is 3.36. The van der Waals surface area contributed by atoms with Crippen LogP contribution in [-0.2, 0) is 22.6 Å². The first kappa shape index (κ1) is 24.1. The number of benzene rings is 2. The zero-order valence-electron chi connectivity index (χ0n) is 20.3. The van der Waals surface area contributed by atoms with Crippen molar-refractivity contribution in [3.8, 4) is 11.5 Å². The summed E-state index contributed by atoms with van der Waals surface area (Å²) in [5.74, 6) is 1.44. The molecule has 2 aromatic rings. The molecular formula is C28H36N2O4. The molecule has 2 amide bonds. The van der Waals surface area contributed by atoms with Gasteiger partial charge in [0.1, 0.15) is 19.3 Å². The third-order valence-corrected chi connectivity index (χ3v) is 6.80. The highest BCUT2D eigenvalue weighted by Crippen LogP contribution is 2.31. The molecule has 2 aromatic carbocycles. The van der Waals surface area contributed by atoms with Crippen molar-refractivity contribution >= 4 is 11.8 Å². The summed E-state index contributed by atoms with van der Waals surface area (Å²) in [6.07, 6.45) is 5.86. The maximum Gasteiger partial charge on any atom is 0.243 e. The Labute approximate surface area is 202 Å². The van der Waals surface area contributed by atoms with Gasteiger partial charge in [-0.05, 0) is 55.9 Å². The largest absolute Gasteiger partial charge is 0.486 e. The van der Waals surface area contributed by atoms with E-state index >= 15 is 0 Å². The van der Waals surface area contributed by atoms with Gasteiger partial charge in [-0.25, -0.2) is 0 Å². The fourth-order valence-electron chi connectivity index (χ4n) is 4.82. The number of aryl methyl sites for hydroxylation is 2. The lowest BCUT2D eigenvalue weighted by molar-refractivity contribution is -0.141. The summed E-state index contributed by atoms with van der Waals surface area (Å²) in [4.78, 5) is 28.5. The van der Waals surface area contributed by atoms with Gasteiger partial charge in [-0.2, -0.15) is 0 Å². The van der Waals surface area contributed by atoms with Crippen LogP contribution in [0.4, 0.5) is 0 Å². The van der Waals surface area contributed by atoms with Crippen LogP contribution in [0.25, 0.3) is 0 Å². The van der Waals surface area contributed by atoms with Gasteiger partial charge in [0.25, 0.3) is 0 Å². The maximum atomic E-state index is 13.5. The molecule has 1 aliphatic heterocycles. The molecule has 0 unspecified atom stereocenters. The predicted octanol–water partition coefficient (Wildman–Crippen LogP) is 4.57. The molecule has 1 atom stereocenters. The van der Waals surface area contributed by atoms with Gasteiger partial charge in [0.15, 0.2) is 11.5 Å². The Balaban J connectivity index is 1.47. The standard InChI is InChI=1S/C28H36N2O4/c1-3-24(28(32)29-23-6-4-5-7-23)30(19-22-10-8-20(2)9-11-22)27(31)15-13-21-12-14-25-26(18-21)34-17-16-33-25/h8-12,14,18,23-24H,3-7,13,15-17,19H2,1-2H3,(H,29,32)/t24-/m1/s1. The molecule has 1 heterocycles. The molecule has 1 aliphatic carbocycles. The molecule has 0 aromatic heterocycles. The van der Waals surface area contributed by atoms with E-state index in [9.17, 15) is 9.59 Å². The van der Waals surface area contributed by atoms with Gasteiger partial charge < -0.3 is 19.7 Å². The smallest absolute Gasteiger partial charge is 0.243 e. The molecule has 182 valence electrons. The second kappa shape index (κ2) is 11.4. The molecular weight excluding hydrogens is 428 g/mol. The van der Waals surface area contributed by atoms with E-state index in [1.165, 1.54) is 5.56 Å². The minimum absolute atomic E-state index is 0.0103. The molecule has 2 aliphatic rings. The third-order valence-electron chi connectivity index (χ3n) is 6.80. The van der Waals surface area contributed by atoms with Crippen LogP contribution < -0.4 is 14.8 Å². The number of rotatable bonds is 9. The Bertz CT molecular complexity index is 982. The molecule has 0 radical (unpaired) electrons. The summed E-state index contributed by atoms with van der Waals surface area (Å²) in [5.41, 5.74) is 3.23. The van der Waals surface area contributed by atoms with E-state index in [0.29, 0.717) is 39.0 Å². The van der Waals surface area contributed by atoms with E-state index < -0.39 is 6.04 Å². The number of amides is 2. The normalized spacial score (nSPS) is 16.2. The van der Waals surface area contributed by atoms with Crippen LogP contribution in [0.2, 0.25) is 0 Å². The van der Waals surface area contributed by atoms with Crippen molar-refractivity contribution in [2.75, 3.05) is 13.2 Å². The van der Waals surface area contributed by atoms with Gasteiger partial charge in [-0.3, -0.25) is 9.59 Å². The number of hydrogen-bond acceptors (Lipinski definition) is 4. The SMILES string of the molecule is CC[C@H](C(=O)NC1CCCC1)N(Cc1ccc(C)cc1)C(=O)CCc1ccc2c(c1)OCCO2. The van der Waals surface area contributed by atoms with Gasteiger partial charge in [0, 0.05) is 19.0 Å². The Kier molecular flexibility index (Phi) is 8.09. The van der Waals surface area contributed by atoms with Crippen molar-refractivity contribution in [2.45, 2.75) is 77.4 Å². The molecule has 0 bridgehead atoms. The highest BCUT2D eigenvalue weighted by atomic mass is 16.6. The van der Waals surface area contributed by atoms with E-state index in [2.05, 4.69) is 5.32 Å². The Morgan fingerprint density at radius 3 is 2.38 bits per heavy atom. The molecule has 1 fully saturated rings. The fourth-order valence-corrected chi connectivity index (χ4v) is 4.82. The first-order valence-corrected chi connectivity index (χ1v) is 12.6. The number of fused-ring (bicyclic) bond motifs is 1. The van der Waals surface area contributed by atoms with Crippen molar-refractivity contribution < 1.29 is 19.1 Å². The van der Waals surface area contributed by atoms with Gasteiger partial charge in [-0.1, -0.05) is 55.7 Å². The van der Waals surface area contributed by atoms with Gasteiger partial charge >= 0.3 is 0 Å². The minimum atomic E-state index is -0.477. The summed E-state index contributed by atoms with van der Waals surface area (Å²) in [6, 6.07) is 13.8. The Hall–Kier alpha value is -3.02. The monoisotopic (exact) mass is 464 g/mol. The number of nitrogens with zero attached hydrogens (tertiary/aromatic N) is 1. The Morgan fingerprint density at radius 1 is 1.00 bits per heavy atom. The minimum Gasteiger partial charge on any atom is -0.486 e. The molecule has 1 N–H and O–H groups in total. The van der Waals surface area contributed by atoms with Crippen molar-refractivity contribution in [2.24, 2.45) is 0 Å². The molecule has 0 spiro atoms. The number of carbonyl (C=O) groups is 2. The fraction of sp³-hybridized carbons (Fsp3) is 0.500. The highest BCUT2D eigenvalue weighted by molar-refractivity contribution is 5.88. The molecule has 4 rings (SSSR count). The van der Waals surface area contributed by atoms with Crippen LogP contribution in [-0.4, -0.2) is 42.0 Å². The third kappa shape index (κ3) is 6.10.